The first kappa shape index (κ1) is 14.4. The van der Waals surface area contributed by atoms with Crippen molar-refractivity contribution in [3.05, 3.63) is 59.4 Å². The summed E-state index contributed by atoms with van der Waals surface area (Å²) < 4.78 is 19.1. The minimum Gasteiger partial charge on any atom is -0.493 e. The van der Waals surface area contributed by atoms with Gasteiger partial charge in [-0.1, -0.05) is 24.3 Å². The number of nitrogens with two attached hydrogens (primary N) is 1. The molecule has 0 radical (unpaired) electrons. The first-order valence-electron chi connectivity index (χ1n) is 6.87. The Labute approximate surface area is 127 Å². The fourth-order valence-electron chi connectivity index (χ4n) is 2.40. The SMILES string of the molecule is NNC(CSc1ccccc1F)c1ccc2c(c1)CCO2. The Kier molecular flexibility index (Phi) is 4.43. The lowest BCUT2D eigenvalue weighted by atomic mass is 10.0. The van der Waals surface area contributed by atoms with E-state index in [4.69, 9.17) is 10.6 Å². The van der Waals surface area contributed by atoms with Gasteiger partial charge in [0.2, 0.25) is 0 Å². The number of hydrogen-bond donors (Lipinski definition) is 2. The van der Waals surface area contributed by atoms with Gasteiger partial charge in [0.05, 0.1) is 12.6 Å². The standard InChI is InChI=1S/C16H17FN2OS/c17-13-3-1-2-4-16(13)21-10-14(19-18)11-5-6-15-12(9-11)7-8-20-15/h1-6,9,14,19H,7-8,10,18H2. The quantitative estimate of drug-likeness (QED) is 0.506. The van der Waals surface area contributed by atoms with Gasteiger partial charge in [0.1, 0.15) is 11.6 Å². The molecule has 0 saturated heterocycles. The van der Waals surface area contributed by atoms with Gasteiger partial charge in [0, 0.05) is 17.1 Å². The van der Waals surface area contributed by atoms with E-state index in [9.17, 15) is 4.39 Å². The Balaban J connectivity index is 1.72. The average molecular weight is 304 g/mol. The van der Waals surface area contributed by atoms with Crippen LogP contribution < -0.4 is 16.0 Å². The van der Waals surface area contributed by atoms with E-state index in [-0.39, 0.29) is 11.9 Å². The van der Waals surface area contributed by atoms with Crippen molar-refractivity contribution in [3.63, 3.8) is 0 Å². The number of thioether (sulfide) groups is 1. The zero-order valence-electron chi connectivity index (χ0n) is 11.5. The van der Waals surface area contributed by atoms with Crippen LogP contribution in [0.4, 0.5) is 4.39 Å². The maximum atomic E-state index is 13.6. The third kappa shape index (κ3) is 3.20. The monoisotopic (exact) mass is 304 g/mol. The van der Waals surface area contributed by atoms with Crippen LogP contribution in [0.3, 0.4) is 0 Å². The number of nitrogens with one attached hydrogen (secondary N) is 1. The summed E-state index contributed by atoms with van der Waals surface area (Å²) in [6, 6.07) is 12.9. The number of fused-ring (bicyclic) bond motifs is 1. The topological polar surface area (TPSA) is 47.3 Å². The molecule has 1 aliphatic rings. The van der Waals surface area contributed by atoms with Gasteiger partial charge in [-0.25, -0.2) is 4.39 Å². The molecule has 0 fully saturated rings. The number of ether oxygens (including phenoxy) is 1. The lowest BCUT2D eigenvalue weighted by Crippen LogP contribution is -2.29. The Hall–Kier alpha value is -1.56. The first-order chi connectivity index (χ1) is 10.3. The molecule has 110 valence electrons. The van der Waals surface area contributed by atoms with Crippen LogP contribution in [0.2, 0.25) is 0 Å². The predicted octanol–water partition coefficient (Wildman–Crippen LogP) is 3.06. The van der Waals surface area contributed by atoms with Crippen molar-refractivity contribution in [3.8, 4) is 5.75 Å². The molecule has 5 heteroatoms. The molecule has 0 amide bonds. The Bertz CT molecular complexity index is 635. The van der Waals surface area contributed by atoms with E-state index < -0.39 is 0 Å². The van der Waals surface area contributed by atoms with Crippen molar-refractivity contribution >= 4 is 11.8 Å². The second-order valence-electron chi connectivity index (χ2n) is 4.93. The normalized spacial score (nSPS) is 14.6. The molecule has 0 spiro atoms. The highest BCUT2D eigenvalue weighted by Gasteiger charge is 2.17. The lowest BCUT2D eigenvalue weighted by molar-refractivity contribution is 0.356. The summed E-state index contributed by atoms with van der Waals surface area (Å²) in [6.07, 6.45) is 0.931. The largest absolute Gasteiger partial charge is 0.493 e. The number of halogens is 1. The van der Waals surface area contributed by atoms with E-state index in [1.807, 2.05) is 18.2 Å². The number of rotatable bonds is 5. The van der Waals surface area contributed by atoms with Crippen molar-refractivity contribution in [1.82, 2.24) is 5.43 Å². The highest BCUT2D eigenvalue weighted by molar-refractivity contribution is 7.99. The van der Waals surface area contributed by atoms with Crippen molar-refractivity contribution in [1.29, 1.82) is 0 Å². The van der Waals surface area contributed by atoms with Crippen LogP contribution in [0, 0.1) is 5.82 Å². The summed E-state index contributed by atoms with van der Waals surface area (Å²) in [7, 11) is 0. The molecule has 0 aliphatic carbocycles. The number of benzene rings is 2. The number of hydrazine groups is 1. The maximum Gasteiger partial charge on any atom is 0.136 e. The van der Waals surface area contributed by atoms with Gasteiger partial charge in [-0.2, -0.15) is 0 Å². The summed E-state index contributed by atoms with van der Waals surface area (Å²) in [6.45, 7) is 0.740. The third-order valence-electron chi connectivity index (χ3n) is 3.56. The van der Waals surface area contributed by atoms with Gasteiger partial charge < -0.3 is 4.74 Å². The minimum atomic E-state index is -0.194. The fourth-order valence-corrected chi connectivity index (χ4v) is 3.41. The molecule has 2 aromatic carbocycles. The molecule has 0 saturated carbocycles. The van der Waals surface area contributed by atoms with Gasteiger partial charge in [-0.3, -0.25) is 11.3 Å². The highest BCUT2D eigenvalue weighted by atomic mass is 32.2. The zero-order chi connectivity index (χ0) is 14.7. The third-order valence-corrected chi connectivity index (χ3v) is 4.70. The molecule has 1 atom stereocenters. The van der Waals surface area contributed by atoms with Gasteiger partial charge in [-0.15, -0.1) is 11.8 Å². The molecule has 2 aromatic rings. The van der Waals surface area contributed by atoms with Gasteiger partial charge in [-0.05, 0) is 29.3 Å². The number of hydrogen-bond acceptors (Lipinski definition) is 4. The van der Waals surface area contributed by atoms with Crippen molar-refractivity contribution < 1.29 is 9.13 Å². The average Bonchev–Trinajstić information content (AvgIpc) is 2.97. The second kappa shape index (κ2) is 6.47. The minimum absolute atomic E-state index is 0.0273. The van der Waals surface area contributed by atoms with Gasteiger partial charge in [0.25, 0.3) is 0 Å². The van der Waals surface area contributed by atoms with Crippen LogP contribution in [0.15, 0.2) is 47.4 Å². The molecule has 3 nitrogen and oxygen atoms in total. The predicted molar refractivity (Wildman–Crippen MR) is 82.8 cm³/mol. The summed E-state index contributed by atoms with van der Waals surface area (Å²) in [4.78, 5) is 0.641. The summed E-state index contributed by atoms with van der Waals surface area (Å²) in [5, 5.41) is 0. The van der Waals surface area contributed by atoms with E-state index in [2.05, 4.69) is 11.5 Å². The van der Waals surface area contributed by atoms with E-state index in [1.165, 1.54) is 23.4 Å². The molecular weight excluding hydrogens is 287 g/mol. The zero-order valence-corrected chi connectivity index (χ0v) is 12.3. The first-order valence-corrected chi connectivity index (χ1v) is 7.85. The summed E-state index contributed by atoms with van der Waals surface area (Å²) >= 11 is 1.46. The molecule has 3 N–H and O–H groups in total. The second-order valence-corrected chi connectivity index (χ2v) is 5.99. The van der Waals surface area contributed by atoms with Crippen LogP contribution in [0.25, 0.3) is 0 Å². The van der Waals surface area contributed by atoms with Crippen LogP contribution in [-0.2, 0) is 6.42 Å². The smallest absolute Gasteiger partial charge is 0.136 e. The molecule has 1 heterocycles. The highest BCUT2D eigenvalue weighted by Crippen LogP contribution is 2.31. The van der Waals surface area contributed by atoms with Crippen LogP contribution in [-0.4, -0.2) is 12.4 Å². The van der Waals surface area contributed by atoms with Crippen LogP contribution >= 0.6 is 11.8 Å². The fraction of sp³-hybridized carbons (Fsp3) is 0.250. The lowest BCUT2D eigenvalue weighted by Gasteiger charge is -2.17. The Morgan fingerprint density at radius 2 is 2.14 bits per heavy atom. The van der Waals surface area contributed by atoms with Crippen molar-refractivity contribution in [2.24, 2.45) is 5.84 Å². The summed E-state index contributed by atoms with van der Waals surface area (Å²) in [5.41, 5.74) is 5.13. The van der Waals surface area contributed by atoms with Crippen LogP contribution in [0.5, 0.6) is 5.75 Å². The van der Waals surface area contributed by atoms with E-state index in [0.717, 1.165) is 24.3 Å². The molecule has 1 aliphatic heterocycles. The van der Waals surface area contributed by atoms with Gasteiger partial charge >= 0.3 is 0 Å². The van der Waals surface area contributed by atoms with Crippen molar-refractivity contribution in [2.75, 3.05) is 12.4 Å². The molecule has 1 unspecified atom stereocenters. The Morgan fingerprint density at radius 1 is 1.29 bits per heavy atom. The molecule has 0 aromatic heterocycles. The molecule has 21 heavy (non-hydrogen) atoms. The van der Waals surface area contributed by atoms with Gasteiger partial charge in [0.15, 0.2) is 0 Å². The molecular formula is C16H17FN2OS. The van der Waals surface area contributed by atoms with Crippen molar-refractivity contribution in [2.45, 2.75) is 17.4 Å². The summed E-state index contributed by atoms with van der Waals surface area (Å²) in [5.74, 6) is 7.09. The van der Waals surface area contributed by atoms with E-state index in [1.54, 1.807) is 12.1 Å². The van der Waals surface area contributed by atoms with E-state index >= 15 is 0 Å². The maximum absolute atomic E-state index is 13.6. The molecule has 0 bridgehead atoms. The van der Waals surface area contributed by atoms with Crippen LogP contribution in [0.1, 0.15) is 17.2 Å². The Morgan fingerprint density at radius 3 is 2.95 bits per heavy atom. The molecule has 3 rings (SSSR count). The van der Waals surface area contributed by atoms with E-state index in [0.29, 0.717) is 10.6 Å².